The summed E-state index contributed by atoms with van der Waals surface area (Å²) in [7, 11) is 0. The van der Waals surface area contributed by atoms with Crippen molar-refractivity contribution in [2.45, 2.75) is 71.3 Å². The van der Waals surface area contributed by atoms with E-state index in [1.807, 2.05) is 55.5 Å². The van der Waals surface area contributed by atoms with Gasteiger partial charge >= 0.3 is 5.76 Å². The number of hydrogen-bond acceptors (Lipinski definition) is 8. The maximum Gasteiger partial charge on any atom is 0.439 e. The van der Waals surface area contributed by atoms with E-state index in [2.05, 4.69) is 34.1 Å². The molecule has 5 aromatic rings. The minimum atomic E-state index is -0.600. The van der Waals surface area contributed by atoms with Gasteiger partial charge in [0, 0.05) is 28.7 Å². The third-order valence-electron chi connectivity index (χ3n) is 7.87. The molecule has 0 bridgehead atoms. The van der Waals surface area contributed by atoms with Crippen molar-refractivity contribution < 1.29 is 9.05 Å². The number of nitrogens with one attached hydrogen (secondary N) is 1. The number of H-pyrrole nitrogens is 1. The van der Waals surface area contributed by atoms with Crippen molar-refractivity contribution in [3.8, 4) is 22.5 Å². The molecule has 0 saturated heterocycles. The summed E-state index contributed by atoms with van der Waals surface area (Å²) in [6, 6.07) is 15.7. The lowest BCUT2D eigenvalue weighted by molar-refractivity contribution is 0.374. The Kier molecular flexibility index (Phi) is 6.98. The average molecular weight is 553 g/mol. The van der Waals surface area contributed by atoms with Crippen LogP contribution in [0.4, 0.5) is 0 Å². The Hall–Kier alpha value is -4.60. The molecule has 3 heterocycles. The molecule has 1 fully saturated rings. The predicted molar refractivity (Wildman–Crippen MR) is 153 cm³/mol. The molecule has 0 amide bonds. The van der Waals surface area contributed by atoms with Crippen LogP contribution in [0.2, 0.25) is 0 Å². The van der Waals surface area contributed by atoms with E-state index in [9.17, 15) is 9.59 Å². The highest BCUT2D eigenvalue weighted by Gasteiger charge is 2.43. The molecule has 10 nitrogen and oxygen atoms in total. The van der Waals surface area contributed by atoms with Gasteiger partial charge in [0.1, 0.15) is 5.82 Å². The molecule has 1 aliphatic carbocycles. The van der Waals surface area contributed by atoms with Crippen LogP contribution >= 0.6 is 0 Å². The van der Waals surface area contributed by atoms with Crippen LogP contribution in [0.5, 0.6) is 0 Å². The minimum Gasteiger partial charge on any atom is -0.339 e. The third-order valence-corrected chi connectivity index (χ3v) is 7.87. The number of rotatable bonds is 10. The Labute approximate surface area is 236 Å². The lowest BCUT2D eigenvalue weighted by atomic mass is 9.98. The SMILES string of the molecule is CCCCc1nc(C)c(Cc2nc(C3(C)CC3)no2)c(=O)n1Cc1ccc(-c2ccccc2-c2noc(=O)[nH]2)cc1. The van der Waals surface area contributed by atoms with Gasteiger partial charge in [-0.3, -0.25) is 18.9 Å². The van der Waals surface area contributed by atoms with Crippen molar-refractivity contribution in [1.29, 1.82) is 0 Å². The van der Waals surface area contributed by atoms with Gasteiger partial charge < -0.3 is 4.52 Å². The molecule has 2 aromatic carbocycles. The van der Waals surface area contributed by atoms with Gasteiger partial charge in [0.15, 0.2) is 11.6 Å². The summed E-state index contributed by atoms with van der Waals surface area (Å²) in [4.78, 5) is 37.5. The molecule has 6 rings (SSSR count). The highest BCUT2D eigenvalue weighted by atomic mass is 16.5. The van der Waals surface area contributed by atoms with Crippen LogP contribution in [0.15, 0.2) is 67.2 Å². The smallest absolute Gasteiger partial charge is 0.339 e. The molecule has 1 aliphatic rings. The quantitative estimate of drug-likeness (QED) is 0.257. The minimum absolute atomic E-state index is 0.00178. The highest BCUT2D eigenvalue weighted by Crippen LogP contribution is 2.46. The second-order valence-corrected chi connectivity index (χ2v) is 11.0. The lowest BCUT2D eigenvalue weighted by Gasteiger charge is -2.16. The van der Waals surface area contributed by atoms with Crippen LogP contribution < -0.4 is 11.3 Å². The number of unbranched alkanes of at least 4 members (excludes halogenated alkanes) is 1. The van der Waals surface area contributed by atoms with E-state index in [4.69, 9.17) is 14.0 Å². The van der Waals surface area contributed by atoms with E-state index in [-0.39, 0.29) is 17.4 Å². The van der Waals surface area contributed by atoms with Crippen LogP contribution in [0, 0.1) is 6.92 Å². The first-order valence-corrected chi connectivity index (χ1v) is 14.0. The normalized spacial score (nSPS) is 13.9. The molecule has 10 heteroatoms. The van der Waals surface area contributed by atoms with Gasteiger partial charge in [-0.2, -0.15) is 4.98 Å². The maximum atomic E-state index is 13.9. The van der Waals surface area contributed by atoms with E-state index in [0.717, 1.165) is 66.0 Å². The maximum absolute atomic E-state index is 13.9. The van der Waals surface area contributed by atoms with Crippen LogP contribution in [0.1, 0.15) is 73.9 Å². The standard InChI is InChI=1S/C31H32N6O4/c1-4-5-10-25-32-19(2)24(17-26-33-29(36-40-26)31(3)15-16-31)28(38)37(25)18-20-11-13-21(14-12-20)22-8-6-7-9-23(22)27-34-30(39)41-35-27/h6-9,11-14H,4-5,10,15-18H2,1-3H3,(H,34,35,39). The van der Waals surface area contributed by atoms with Crippen molar-refractivity contribution in [2.75, 3.05) is 0 Å². The van der Waals surface area contributed by atoms with Gasteiger partial charge in [-0.15, -0.1) is 0 Å². The summed E-state index contributed by atoms with van der Waals surface area (Å²) in [5.74, 6) is 1.71. The molecular formula is C31H32N6O4. The summed E-state index contributed by atoms with van der Waals surface area (Å²) in [6.07, 6.45) is 5.03. The van der Waals surface area contributed by atoms with Crippen molar-refractivity contribution in [3.63, 3.8) is 0 Å². The molecule has 41 heavy (non-hydrogen) atoms. The number of nitrogens with zero attached hydrogens (tertiary/aromatic N) is 5. The molecule has 0 unspecified atom stereocenters. The average Bonchev–Trinajstić information content (AvgIpc) is 3.33. The Bertz CT molecular complexity index is 1810. The summed E-state index contributed by atoms with van der Waals surface area (Å²) in [5.41, 5.74) is 4.79. The molecule has 0 aliphatic heterocycles. The highest BCUT2D eigenvalue weighted by molar-refractivity contribution is 5.80. The summed E-state index contributed by atoms with van der Waals surface area (Å²) < 4.78 is 12.0. The molecule has 3 aromatic heterocycles. The fourth-order valence-electron chi connectivity index (χ4n) is 5.04. The van der Waals surface area contributed by atoms with Gasteiger partial charge in [-0.25, -0.2) is 9.78 Å². The molecule has 0 radical (unpaired) electrons. The number of hydrogen-bond donors (Lipinski definition) is 1. The Morgan fingerprint density at radius 3 is 2.41 bits per heavy atom. The predicted octanol–water partition coefficient (Wildman–Crippen LogP) is 4.98. The summed E-state index contributed by atoms with van der Waals surface area (Å²) >= 11 is 0. The third kappa shape index (κ3) is 5.41. The summed E-state index contributed by atoms with van der Waals surface area (Å²) in [6.45, 7) is 6.53. The monoisotopic (exact) mass is 552 g/mol. The van der Waals surface area contributed by atoms with Crippen molar-refractivity contribution in [3.05, 3.63) is 104 Å². The lowest BCUT2D eigenvalue weighted by Crippen LogP contribution is -2.30. The fraction of sp³-hybridized carbons (Fsp3) is 0.355. The Morgan fingerprint density at radius 2 is 1.73 bits per heavy atom. The van der Waals surface area contributed by atoms with Gasteiger partial charge in [0.05, 0.1) is 13.0 Å². The van der Waals surface area contributed by atoms with E-state index in [0.29, 0.717) is 29.5 Å². The number of aromatic amines is 1. The number of benzene rings is 2. The zero-order valence-corrected chi connectivity index (χ0v) is 23.4. The Balaban J connectivity index is 1.30. The first kappa shape index (κ1) is 26.6. The molecule has 0 atom stereocenters. The first-order chi connectivity index (χ1) is 19.8. The van der Waals surface area contributed by atoms with Gasteiger partial charge in [-0.05, 0) is 42.9 Å². The van der Waals surface area contributed by atoms with E-state index in [1.54, 1.807) is 4.57 Å². The van der Waals surface area contributed by atoms with Crippen molar-refractivity contribution in [1.82, 2.24) is 29.8 Å². The van der Waals surface area contributed by atoms with E-state index < -0.39 is 5.76 Å². The summed E-state index contributed by atoms with van der Waals surface area (Å²) in [5, 5.41) is 8.02. The van der Waals surface area contributed by atoms with Crippen LogP contribution in [0.3, 0.4) is 0 Å². The van der Waals surface area contributed by atoms with Crippen LogP contribution in [-0.2, 0) is 24.8 Å². The molecule has 210 valence electrons. The Morgan fingerprint density at radius 1 is 0.976 bits per heavy atom. The molecular weight excluding hydrogens is 520 g/mol. The largest absolute Gasteiger partial charge is 0.439 e. The zero-order valence-electron chi connectivity index (χ0n) is 23.4. The zero-order chi connectivity index (χ0) is 28.6. The molecule has 1 N–H and O–H groups in total. The first-order valence-electron chi connectivity index (χ1n) is 14.0. The second kappa shape index (κ2) is 10.8. The van der Waals surface area contributed by atoms with Gasteiger partial charge in [0.2, 0.25) is 5.89 Å². The second-order valence-electron chi connectivity index (χ2n) is 11.0. The van der Waals surface area contributed by atoms with Gasteiger partial charge in [-0.1, -0.05) is 79.1 Å². The number of aromatic nitrogens is 6. The number of aryl methyl sites for hydroxylation is 2. The molecule has 0 spiro atoms. The van der Waals surface area contributed by atoms with Gasteiger partial charge in [0.25, 0.3) is 5.56 Å². The van der Waals surface area contributed by atoms with Crippen LogP contribution in [-0.4, -0.2) is 29.8 Å². The van der Waals surface area contributed by atoms with E-state index >= 15 is 0 Å². The van der Waals surface area contributed by atoms with Crippen LogP contribution in [0.25, 0.3) is 22.5 Å². The van der Waals surface area contributed by atoms with Crippen molar-refractivity contribution in [2.24, 2.45) is 0 Å². The van der Waals surface area contributed by atoms with E-state index in [1.165, 1.54) is 0 Å². The molecule has 1 saturated carbocycles. The van der Waals surface area contributed by atoms with Crippen molar-refractivity contribution >= 4 is 0 Å². The fourth-order valence-corrected chi connectivity index (χ4v) is 5.04. The topological polar surface area (TPSA) is 133 Å².